The number of likely N-dealkylation sites (tertiary alicyclic amines) is 2. The molecule has 0 aliphatic carbocycles. The minimum atomic E-state index is 0.207. The van der Waals surface area contributed by atoms with E-state index in [4.69, 9.17) is 0 Å². The van der Waals surface area contributed by atoms with E-state index in [0.29, 0.717) is 11.8 Å². The second-order valence-corrected chi connectivity index (χ2v) is 8.34. The molecule has 6 heteroatoms. The number of piperidine rings is 2. The lowest BCUT2D eigenvalue weighted by Gasteiger charge is -2.36. The summed E-state index contributed by atoms with van der Waals surface area (Å²) < 4.78 is 2.32. The van der Waals surface area contributed by atoms with Crippen molar-refractivity contribution in [1.29, 1.82) is 0 Å². The number of amides is 1. The fourth-order valence-electron chi connectivity index (χ4n) is 4.41. The Bertz CT molecular complexity index is 577. The molecule has 0 radical (unpaired) electrons. The van der Waals surface area contributed by atoms with Gasteiger partial charge in [0.2, 0.25) is 5.91 Å². The summed E-state index contributed by atoms with van der Waals surface area (Å²) in [5.41, 5.74) is 0. The van der Waals surface area contributed by atoms with Crippen molar-refractivity contribution < 1.29 is 4.79 Å². The van der Waals surface area contributed by atoms with E-state index in [1.54, 1.807) is 0 Å². The smallest absolute Gasteiger partial charge is 0.226 e. The van der Waals surface area contributed by atoms with Crippen LogP contribution in [0.1, 0.15) is 43.8 Å². The average molecular weight is 362 g/mol. The molecule has 3 heterocycles. The third-order valence-corrected chi connectivity index (χ3v) is 5.90. The summed E-state index contributed by atoms with van der Waals surface area (Å²) in [4.78, 5) is 24.1. The van der Waals surface area contributed by atoms with Crippen molar-refractivity contribution in [2.75, 3.05) is 53.9 Å². The molecule has 2 fully saturated rings. The summed E-state index contributed by atoms with van der Waals surface area (Å²) in [7, 11) is 6.36. The van der Waals surface area contributed by atoms with Gasteiger partial charge < -0.3 is 19.3 Å². The van der Waals surface area contributed by atoms with Gasteiger partial charge >= 0.3 is 0 Å². The van der Waals surface area contributed by atoms with E-state index in [-0.39, 0.29) is 5.92 Å². The van der Waals surface area contributed by atoms with Gasteiger partial charge in [-0.15, -0.1) is 0 Å². The van der Waals surface area contributed by atoms with Crippen LogP contribution in [0.3, 0.4) is 0 Å². The Labute approximate surface area is 158 Å². The highest BCUT2D eigenvalue weighted by Crippen LogP contribution is 2.29. The number of hydrogen-bond donors (Lipinski definition) is 0. The first-order valence-corrected chi connectivity index (χ1v) is 10.2. The van der Waals surface area contributed by atoms with Gasteiger partial charge in [-0.25, -0.2) is 4.98 Å². The van der Waals surface area contributed by atoms with Crippen molar-refractivity contribution in [3.05, 3.63) is 18.2 Å². The van der Waals surface area contributed by atoms with E-state index in [2.05, 4.69) is 51.6 Å². The fraction of sp³-hybridized carbons (Fsp3) is 0.800. The molecule has 2 aliphatic rings. The molecule has 1 aromatic heterocycles. The van der Waals surface area contributed by atoms with Gasteiger partial charge in [-0.1, -0.05) is 0 Å². The Morgan fingerprint density at radius 3 is 2.69 bits per heavy atom. The molecule has 6 nitrogen and oxygen atoms in total. The van der Waals surface area contributed by atoms with Crippen molar-refractivity contribution in [2.45, 2.75) is 44.6 Å². The highest BCUT2D eigenvalue weighted by molar-refractivity contribution is 5.79. The van der Waals surface area contributed by atoms with Crippen molar-refractivity contribution in [1.82, 2.24) is 24.3 Å². The van der Waals surface area contributed by atoms with Gasteiger partial charge in [0.05, 0.1) is 5.92 Å². The molecule has 1 aromatic rings. The molecule has 26 heavy (non-hydrogen) atoms. The maximum atomic E-state index is 12.8. The van der Waals surface area contributed by atoms with Crippen LogP contribution < -0.4 is 0 Å². The van der Waals surface area contributed by atoms with E-state index < -0.39 is 0 Å². The number of nitrogens with zero attached hydrogens (tertiary/aromatic N) is 5. The second kappa shape index (κ2) is 9.00. The third kappa shape index (κ3) is 4.86. The first-order valence-electron chi connectivity index (χ1n) is 10.2. The van der Waals surface area contributed by atoms with E-state index in [1.165, 1.54) is 5.82 Å². The topological polar surface area (TPSA) is 44.6 Å². The summed E-state index contributed by atoms with van der Waals surface area (Å²) in [6.45, 7) is 5.95. The van der Waals surface area contributed by atoms with Crippen molar-refractivity contribution >= 4 is 5.91 Å². The molecule has 0 aromatic carbocycles. The summed E-state index contributed by atoms with van der Waals surface area (Å²) in [5, 5.41) is 0. The molecule has 0 saturated carbocycles. The zero-order valence-corrected chi connectivity index (χ0v) is 16.7. The van der Waals surface area contributed by atoms with Crippen LogP contribution in [0.4, 0.5) is 0 Å². The molecule has 3 rings (SSSR count). The number of imidazole rings is 1. The summed E-state index contributed by atoms with van der Waals surface area (Å²) in [6.07, 6.45) is 9.47. The number of rotatable bonds is 6. The van der Waals surface area contributed by atoms with Gasteiger partial charge in [0.15, 0.2) is 0 Å². The highest BCUT2D eigenvalue weighted by Gasteiger charge is 2.31. The van der Waals surface area contributed by atoms with Crippen LogP contribution >= 0.6 is 0 Å². The molecular formula is C20H35N5O. The van der Waals surface area contributed by atoms with E-state index in [9.17, 15) is 4.79 Å². The molecule has 1 unspecified atom stereocenters. The van der Waals surface area contributed by atoms with Crippen molar-refractivity contribution in [3.8, 4) is 0 Å². The van der Waals surface area contributed by atoms with Crippen LogP contribution in [-0.4, -0.2) is 84.0 Å². The minimum Gasteiger partial charge on any atom is -0.342 e. The third-order valence-electron chi connectivity index (χ3n) is 5.90. The fourth-order valence-corrected chi connectivity index (χ4v) is 4.41. The normalized spacial score (nSPS) is 22.9. The first kappa shape index (κ1) is 19.4. The Morgan fingerprint density at radius 1 is 1.23 bits per heavy atom. The lowest BCUT2D eigenvalue weighted by molar-refractivity contribution is -0.138. The Hall–Kier alpha value is -1.40. The lowest BCUT2D eigenvalue weighted by atomic mass is 9.92. The lowest BCUT2D eigenvalue weighted by Crippen LogP contribution is -2.46. The van der Waals surface area contributed by atoms with Crippen molar-refractivity contribution in [2.24, 2.45) is 5.92 Å². The molecule has 0 spiro atoms. The van der Waals surface area contributed by atoms with Gasteiger partial charge in [0.25, 0.3) is 0 Å². The van der Waals surface area contributed by atoms with Gasteiger partial charge in [-0.2, -0.15) is 0 Å². The standard InChI is InChI=1S/C20H35N5O/c1-22(2)10-5-12-24-15-9-21-19(24)17-7-13-25(14-8-17)20(26)18-6-4-11-23(3)16-18/h9,15,17-18H,4-8,10-14,16H2,1-3H3. The average Bonchev–Trinajstić information content (AvgIpc) is 3.09. The number of aromatic nitrogens is 2. The second-order valence-electron chi connectivity index (χ2n) is 8.34. The Balaban J connectivity index is 1.51. The maximum absolute atomic E-state index is 12.8. The molecule has 1 atom stereocenters. The molecular weight excluding hydrogens is 326 g/mol. The Kier molecular flexibility index (Phi) is 6.70. The highest BCUT2D eigenvalue weighted by atomic mass is 16.2. The number of carbonyl (C=O) groups excluding carboxylic acids is 1. The van der Waals surface area contributed by atoms with Crippen LogP contribution in [0.2, 0.25) is 0 Å². The van der Waals surface area contributed by atoms with Gasteiger partial charge in [-0.3, -0.25) is 4.79 Å². The van der Waals surface area contributed by atoms with Crippen molar-refractivity contribution in [3.63, 3.8) is 0 Å². The zero-order valence-electron chi connectivity index (χ0n) is 16.7. The monoisotopic (exact) mass is 361 g/mol. The van der Waals surface area contributed by atoms with Crippen LogP contribution in [0.15, 0.2) is 12.4 Å². The maximum Gasteiger partial charge on any atom is 0.226 e. The van der Waals surface area contributed by atoms with Crippen LogP contribution in [0, 0.1) is 5.92 Å². The number of carbonyl (C=O) groups is 1. The molecule has 2 saturated heterocycles. The molecule has 2 aliphatic heterocycles. The molecule has 0 bridgehead atoms. The quantitative estimate of drug-likeness (QED) is 0.776. The zero-order chi connectivity index (χ0) is 18.5. The summed E-state index contributed by atoms with van der Waals surface area (Å²) in [6, 6.07) is 0. The number of hydrogen-bond acceptors (Lipinski definition) is 4. The number of aryl methyl sites for hydroxylation is 1. The predicted molar refractivity (Wildman–Crippen MR) is 104 cm³/mol. The van der Waals surface area contributed by atoms with Gasteiger partial charge in [-0.05, 0) is 66.3 Å². The largest absolute Gasteiger partial charge is 0.342 e. The summed E-state index contributed by atoms with van der Waals surface area (Å²) in [5.74, 6) is 2.29. The van der Waals surface area contributed by atoms with E-state index in [1.807, 2.05) is 6.20 Å². The predicted octanol–water partition coefficient (Wildman–Crippen LogP) is 1.88. The first-order chi connectivity index (χ1) is 12.5. The molecule has 0 N–H and O–H groups in total. The van der Waals surface area contributed by atoms with Gasteiger partial charge in [0.1, 0.15) is 5.82 Å². The summed E-state index contributed by atoms with van der Waals surface area (Å²) >= 11 is 0. The van der Waals surface area contributed by atoms with Crippen LogP contribution in [-0.2, 0) is 11.3 Å². The van der Waals surface area contributed by atoms with E-state index >= 15 is 0 Å². The minimum absolute atomic E-state index is 0.207. The molecule has 146 valence electrons. The van der Waals surface area contributed by atoms with E-state index in [0.717, 1.165) is 71.4 Å². The molecule has 1 amide bonds. The SMILES string of the molecule is CN(C)CCCn1ccnc1C1CCN(C(=O)C2CCCN(C)C2)CC1. The van der Waals surface area contributed by atoms with Crippen LogP contribution in [0.25, 0.3) is 0 Å². The van der Waals surface area contributed by atoms with Gasteiger partial charge in [0, 0.05) is 44.5 Å². The Morgan fingerprint density at radius 2 is 2.00 bits per heavy atom. The van der Waals surface area contributed by atoms with Crippen LogP contribution in [0.5, 0.6) is 0 Å².